The van der Waals surface area contributed by atoms with Crippen molar-refractivity contribution < 1.29 is 14.6 Å². The summed E-state index contributed by atoms with van der Waals surface area (Å²) in [6, 6.07) is 3.49. The zero-order valence-electron chi connectivity index (χ0n) is 9.32. The number of aromatic hydroxyl groups is 1. The van der Waals surface area contributed by atoms with E-state index in [1.807, 2.05) is 0 Å². The van der Waals surface area contributed by atoms with Crippen LogP contribution < -0.4 is 14.8 Å². The Hall–Kier alpha value is -1.13. The first-order chi connectivity index (χ1) is 7.26. The molecule has 0 bridgehead atoms. The molecule has 1 atom stereocenters. The topological polar surface area (TPSA) is 50.7 Å². The summed E-state index contributed by atoms with van der Waals surface area (Å²) in [6.07, 6.45) is 1.07. The van der Waals surface area contributed by atoms with Crippen molar-refractivity contribution in [1.82, 2.24) is 5.32 Å². The van der Waals surface area contributed by atoms with Gasteiger partial charge in [-0.3, -0.25) is 0 Å². The third-order valence-corrected chi connectivity index (χ3v) is 2.70. The van der Waals surface area contributed by atoms with Crippen molar-refractivity contribution in [2.45, 2.75) is 12.5 Å². The van der Waals surface area contributed by atoms with E-state index in [1.165, 1.54) is 0 Å². The summed E-state index contributed by atoms with van der Waals surface area (Å²) >= 11 is 0. The van der Waals surface area contributed by atoms with Crippen LogP contribution in [0, 0.1) is 0 Å². The normalized spacial score (nSPS) is 18.2. The van der Waals surface area contributed by atoms with Crippen LogP contribution in [0.5, 0.6) is 17.2 Å². The van der Waals surface area contributed by atoms with Gasteiger partial charge in [0.1, 0.15) is 17.2 Å². The number of hydrogen-bond acceptors (Lipinski definition) is 4. The first-order valence-electron chi connectivity index (χ1n) is 4.94. The molecule has 2 N–H and O–H groups in total. The number of benzene rings is 1. The van der Waals surface area contributed by atoms with Gasteiger partial charge in [-0.15, -0.1) is 12.4 Å². The Labute approximate surface area is 101 Å². The smallest absolute Gasteiger partial charge is 0.131 e. The van der Waals surface area contributed by atoms with Crippen molar-refractivity contribution in [3.63, 3.8) is 0 Å². The molecule has 1 aromatic rings. The first-order valence-corrected chi connectivity index (χ1v) is 4.94. The fourth-order valence-electron chi connectivity index (χ4n) is 1.80. The van der Waals surface area contributed by atoms with Crippen molar-refractivity contribution in [3.8, 4) is 17.2 Å². The molecule has 0 spiro atoms. The Morgan fingerprint density at radius 1 is 1.25 bits per heavy atom. The Morgan fingerprint density at radius 3 is 2.06 bits per heavy atom. The maximum atomic E-state index is 9.47. The lowest BCUT2D eigenvalue weighted by Crippen LogP contribution is -2.35. The molecule has 1 saturated heterocycles. The average molecular weight is 246 g/mol. The van der Waals surface area contributed by atoms with E-state index in [0.717, 1.165) is 18.5 Å². The molecule has 1 heterocycles. The number of nitrogens with one attached hydrogen (secondary N) is 1. The van der Waals surface area contributed by atoms with Gasteiger partial charge in [0.15, 0.2) is 0 Å². The molecule has 16 heavy (non-hydrogen) atoms. The van der Waals surface area contributed by atoms with Crippen molar-refractivity contribution >= 4 is 12.4 Å². The van der Waals surface area contributed by atoms with E-state index in [-0.39, 0.29) is 24.2 Å². The molecule has 0 aromatic heterocycles. The van der Waals surface area contributed by atoms with Crippen LogP contribution in [0.4, 0.5) is 0 Å². The molecule has 1 fully saturated rings. The summed E-state index contributed by atoms with van der Waals surface area (Å²) in [5.74, 6) is 1.50. The molecule has 0 unspecified atom stereocenters. The maximum absolute atomic E-state index is 9.47. The minimum Gasteiger partial charge on any atom is -0.508 e. The third-order valence-electron chi connectivity index (χ3n) is 2.70. The van der Waals surface area contributed by atoms with E-state index >= 15 is 0 Å². The number of rotatable bonds is 3. The van der Waals surface area contributed by atoms with Crippen LogP contribution in [-0.2, 0) is 0 Å². The van der Waals surface area contributed by atoms with Gasteiger partial charge in [-0.05, 0) is 13.0 Å². The largest absolute Gasteiger partial charge is 0.508 e. The molecule has 0 radical (unpaired) electrons. The fraction of sp³-hybridized carbons (Fsp3) is 0.455. The molecule has 90 valence electrons. The summed E-state index contributed by atoms with van der Waals surface area (Å²) in [7, 11) is 3.19. The van der Waals surface area contributed by atoms with E-state index in [1.54, 1.807) is 26.4 Å². The van der Waals surface area contributed by atoms with Gasteiger partial charge < -0.3 is 19.9 Å². The molecule has 1 aromatic carbocycles. The summed E-state index contributed by atoms with van der Waals surface area (Å²) in [6.45, 7) is 1.01. The van der Waals surface area contributed by atoms with E-state index in [2.05, 4.69) is 5.32 Å². The third kappa shape index (κ3) is 2.18. The number of hydrogen-bond donors (Lipinski definition) is 2. The Balaban J connectivity index is 0.00000128. The van der Waals surface area contributed by atoms with Gasteiger partial charge in [0, 0.05) is 18.2 Å². The molecule has 4 nitrogen and oxygen atoms in total. The lowest BCUT2D eigenvalue weighted by atomic mass is 9.96. The molecule has 0 amide bonds. The predicted molar refractivity (Wildman–Crippen MR) is 63.8 cm³/mol. The zero-order chi connectivity index (χ0) is 10.8. The number of methoxy groups -OCH3 is 2. The van der Waals surface area contributed by atoms with Crippen molar-refractivity contribution in [2.75, 3.05) is 20.8 Å². The highest BCUT2D eigenvalue weighted by molar-refractivity contribution is 5.85. The van der Waals surface area contributed by atoms with Crippen LogP contribution in [0.15, 0.2) is 12.1 Å². The second-order valence-electron chi connectivity index (χ2n) is 3.56. The standard InChI is InChI=1S/C11H15NO3.ClH/c1-14-9-5-7(13)6-10(15-2)11(9)8-3-4-12-8;/h5-6,8,12-13H,3-4H2,1-2H3;1H/t8-;/m0./s1. The van der Waals surface area contributed by atoms with Gasteiger partial charge in [-0.25, -0.2) is 0 Å². The molecule has 1 aliphatic heterocycles. The number of phenols is 1. The van der Waals surface area contributed by atoms with Gasteiger partial charge in [0.2, 0.25) is 0 Å². The first kappa shape index (κ1) is 12.9. The van der Waals surface area contributed by atoms with Gasteiger partial charge in [-0.2, -0.15) is 0 Å². The molecule has 1 aliphatic rings. The van der Waals surface area contributed by atoms with Gasteiger partial charge in [0.25, 0.3) is 0 Å². The zero-order valence-corrected chi connectivity index (χ0v) is 10.1. The van der Waals surface area contributed by atoms with Crippen LogP contribution in [0.25, 0.3) is 0 Å². The monoisotopic (exact) mass is 245 g/mol. The van der Waals surface area contributed by atoms with Crippen LogP contribution in [-0.4, -0.2) is 25.9 Å². The Bertz CT molecular complexity index is 341. The van der Waals surface area contributed by atoms with Crippen molar-refractivity contribution in [2.24, 2.45) is 0 Å². The second-order valence-corrected chi connectivity index (χ2v) is 3.56. The number of ether oxygens (including phenoxy) is 2. The van der Waals surface area contributed by atoms with E-state index in [9.17, 15) is 5.11 Å². The predicted octanol–water partition coefficient (Wildman–Crippen LogP) is 1.87. The Morgan fingerprint density at radius 2 is 1.75 bits per heavy atom. The molecular weight excluding hydrogens is 230 g/mol. The fourth-order valence-corrected chi connectivity index (χ4v) is 1.80. The van der Waals surface area contributed by atoms with Crippen LogP contribution in [0.2, 0.25) is 0 Å². The average Bonchev–Trinajstić information content (AvgIpc) is 2.17. The lowest BCUT2D eigenvalue weighted by molar-refractivity contribution is 0.327. The number of phenolic OH excluding ortho intramolecular Hbond substituents is 1. The van der Waals surface area contributed by atoms with Crippen LogP contribution in [0.1, 0.15) is 18.0 Å². The van der Waals surface area contributed by atoms with E-state index in [4.69, 9.17) is 9.47 Å². The summed E-state index contributed by atoms with van der Waals surface area (Å²) < 4.78 is 10.5. The van der Waals surface area contributed by atoms with E-state index in [0.29, 0.717) is 11.5 Å². The van der Waals surface area contributed by atoms with Crippen molar-refractivity contribution in [1.29, 1.82) is 0 Å². The minimum absolute atomic E-state index is 0. The second kappa shape index (κ2) is 5.27. The summed E-state index contributed by atoms with van der Waals surface area (Å²) in [4.78, 5) is 0. The Kier molecular flexibility index (Phi) is 4.26. The highest BCUT2D eigenvalue weighted by Gasteiger charge is 2.26. The van der Waals surface area contributed by atoms with Crippen molar-refractivity contribution in [3.05, 3.63) is 17.7 Å². The molecule has 0 saturated carbocycles. The van der Waals surface area contributed by atoms with Gasteiger partial charge in [0.05, 0.1) is 19.8 Å². The van der Waals surface area contributed by atoms with Crippen LogP contribution in [0.3, 0.4) is 0 Å². The maximum Gasteiger partial charge on any atom is 0.131 e. The summed E-state index contributed by atoms with van der Waals surface area (Å²) in [5.41, 5.74) is 0.990. The quantitative estimate of drug-likeness (QED) is 0.854. The van der Waals surface area contributed by atoms with Gasteiger partial charge >= 0.3 is 0 Å². The van der Waals surface area contributed by atoms with Crippen LogP contribution >= 0.6 is 12.4 Å². The molecule has 2 rings (SSSR count). The van der Waals surface area contributed by atoms with E-state index < -0.39 is 0 Å². The highest BCUT2D eigenvalue weighted by atomic mass is 35.5. The van der Waals surface area contributed by atoms with Gasteiger partial charge in [-0.1, -0.05) is 0 Å². The number of halogens is 1. The molecular formula is C11H16ClNO3. The minimum atomic E-state index is 0. The molecule has 0 aliphatic carbocycles. The SMILES string of the molecule is COc1cc(O)cc(OC)c1[C@@H]1CCN1.Cl. The highest BCUT2D eigenvalue weighted by Crippen LogP contribution is 2.40. The summed E-state index contributed by atoms with van der Waals surface area (Å²) in [5, 5.41) is 12.8. The molecule has 5 heteroatoms. The lowest BCUT2D eigenvalue weighted by Gasteiger charge is -2.30.